The highest BCUT2D eigenvalue weighted by Gasteiger charge is 2.24. The van der Waals surface area contributed by atoms with E-state index in [1.165, 1.54) is 10.6 Å². The van der Waals surface area contributed by atoms with Crippen LogP contribution >= 0.6 is 0 Å². The SMILES string of the molecule is CN(CCN1CCN(c2cc(C(=O)NCC3COCCN3)c(F)cc2F)CC1)c1nc(N)n2nc(-c3ccco3)cc2n1. The second-order valence-electron chi connectivity index (χ2n) is 10.6. The summed E-state index contributed by atoms with van der Waals surface area (Å²) in [7, 11) is 1.89. The average molecular weight is 597 g/mol. The number of carbonyl (C=O) groups is 1. The van der Waals surface area contributed by atoms with Crippen molar-refractivity contribution >= 4 is 29.1 Å². The smallest absolute Gasteiger partial charge is 0.254 e. The number of benzene rings is 1. The van der Waals surface area contributed by atoms with Crippen LogP contribution in [0.5, 0.6) is 0 Å². The summed E-state index contributed by atoms with van der Waals surface area (Å²) in [6.07, 6.45) is 1.58. The van der Waals surface area contributed by atoms with Gasteiger partial charge in [0, 0.05) is 77.6 Å². The molecular weight excluding hydrogens is 562 g/mol. The number of aromatic nitrogens is 4. The number of carbonyl (C=O) groups excluding carboxylic acids is 1. The van der Waals surface area contributed by atoms with Crippen LogP contribution in [-0.4, -0.2) is 109 Å². The van der Waals surface area contributed by atoms with Gasteiger partial charge in [0.25, 0.3) is 5.91 Å². The second-order valence-corrected chi connectivity index (χ2v) is 10.6. The number of likely N-dealkylation sites (N-methyl/N-ethyl adjacent to an activating group) is 1. The van der Waals surface area contributed by atoms with Crippen LogP contribution in [0.2, 0.25) is 0 Å². The standard InChI is InChI=1S/C28H34F2N10O3/c1-37(28-34-25-15-22(24-3-2-11-43-24)36-40(25)27(31)35-28)5-6-38-7-9-39(10-8-38)23-13-19(20(29)14-21(23)30)26(41)33-16-18-17-42-12-4-32-18/h2-3,11,13-15,18,32H,4-10,12,16-17H2,1H3,(H,33,41)(H2,31,34,35). The highest BCUT2D eigenvalue weighted by atomic mass is 19.1. The van der Waals surface area contributed by atoms with Gasteiger partial charge in [-0.15, -0.1) is 0 Å². The first-order valence-electron chi connectivity index (χ1n) is 14.2. The van der Waals surface area contributed by atoms with Crippen molar-refractivity contribution in [3.63, 3.8) is 0 Å². The third kappa shape index (κ3) is 6.38. The number of furan rings is 1. The Morgan fingerprint density at radius 1 is 1.19 bits per heavy atom. The number of rotatable bonds is 9. The lowest BCUT2D eigenvalue weighted by Crippen LogP contribution is -2.49. The lowest BCUT2D eigenvalue weighted by atomic mass is 10.1. The molecule has 15 heteroatoms. The molecule has 2 saturated heterocycles. The first-order chi connectivity index (χ1) is 20.9. The molecule has 3 aromatic heterocycles. The van der Waals surface area contributed by atoms with Crippen molar-refractivity contribution in [2.45, 2.75) is 6.04 Å². The van der Waals surface area contributed by atoms with E-state index in [1.807, 2.05) is 22.9 Å². The number of amides is 1. The Hall–Kier alpha value is -4.34. The number of nitrogens with two attached hydrogens (primary N) is 1. The Balaban J connectivity index is 1.03. The quantitative estimate of drug-likeness (QED) is 0.257. The fraction of sp³-hybridized carbons (Fsp3) is 0.429. The van der Waals surface area contributed by atoms with Crippen LogP contribution in [0.1, 0.15) is 10.4 Å². The van der Waals surface area contributed by atoms with Gasteiger partial charge in [-0.2, -0.15) is 19.6 Å². The summed E-state index contributed by atoms with van der Waals surface area (Å²) in [5, 5.41) is 10.4. The van der Waals surface area contributed by atoms with Gasteiger partial charge >= 0.3 is 0 Å². The van der Waals surface area contributed by atoms with Crippen LogP contribution in [0.3, 0.4) is 0 Å². The maximum Gasteiger partial charge on any atom is 0.254 e. The summed E-state index contributed by atoms with van der Waals surface area (Å²) in [5.74, 6) is -0.858. The second kappa shape index (κ2) is 12.5. The van der Waals surface area contributed by atoms with Gasteiger partial charge in [0.05, 0.1) is 30.7 Å². The van der Waals surface area contributed by atoms with Gasteiger partial charge in [0.2, 0.25) is 11.9 Å². The number of hydrogen-bond acceptors (Lipinski definition) is 11. The van der Waals surface area contributed by atoms with Crippen molar-refractivity contribution in [1.82, 2.24) is 35.1 Å². The Labute approximate surface area is 246 Å². The Morgan fingerprint density at radius 2 is 2.02 bits per heavy atom. The van der Waals surface area contributed by atoms with Gasteiger partial charge in [0.15, 0.2) is 11.4 Å². The first-order valence-corrected chi connectivity index (χ1v) is 14.2. The van der Waals surface area contributed by atoms with Crippen LogP contribution in [0, 0.1) is 11.6 Å². The molecule has 1 aromatic carbocycles. The minimum atomic E-state index is -0.887. The molecule has 0 saturated carbocycles. The van der Waals surface area contributed by atoms with Crippen LogP contribution < -0.4 is 26.2 Å². The molecule has 228 valence electrons. The van der Waals surface area contributed by atoms with Crippen LogP contribution in [-0.2, 0) is 4.74 Å². The molecule has 5 heterocycles. The summed E-state index contributed by atoms with van der Waals surface area (Å²) in [6, 6.07) is 7.43. The van der Waals surface area contributed by atoms with E-state index in [4.69, 9.17) is 14.9 Å². The number of hydrogen-bond donors (Lipinski definition) is 3. The molecule has 4 N–H and O–H groups in total. The number of fused-ring (bicyclic) bond motifs is 1. The number of morpholine rings is 1. The summed E-state index contributed by atoms with van der Waals surface area (Å²) in [5.41, 5.74) is 7.37. The van der Waals surface area contributed by atoms with Crippen LogP contribution in [0.4, 0.5) is 26.4 Å². The van der Waals surface area contributed by atoms with E-state index in [0.717, 1.165) is 6.07 Å². The summed E-state index contributed by atoms with van der Waals surface area (Å²) in [6.45, 7) is 5.78. The number of nitrogen functional groups attached to an aromatic ring is 1. The number of nitrogens with zero attached hydrogens (tertiary/aromatic N) is 7. The zero-order valence-electron chi connectivity index (χ0n) is 23.8. The van der Waals surface area contributed by atoms with E-state index in [9.17, 15) is 13.6 Å². The summed E-state index contributed by atoms with van der Waals surface area (Å²) >= 11 is 0. The van der Waals surface area contributed by atoms with Gasteiger partial charge in [-0.05, 0) is 18.2 Å². The predicted molar refractivity (Wildman–Crippen MR) is 156 cm³/mol. The average Bonchev–Trinajstić information content (AvgIpc) is 3.70. The van der Waals surface area contributed by atoms with Gasteiger partial charge in [-0.25, -0.2) is 8.78 Å². The maximum absolute atomic E-state index is 14.8. The molecule has 4 aromatic rings. The van der Waals surface area contributed by atoms with Gasteiger partial charge in [0.1, 0.15) is 17.3 Å². The molecule has 2 aliphatic heterocycles. The molecule has 2 aliphatic rings. The summed E-state index contributed by atoms with van der Waals surface area (Å²) < 4.78 is 41.7. The van der Waals surface area contributed by atoms with Gasteiger partial charge < -0.3 is 35.3 Å². The monoisotopic (exact) mass is 596 g/mol. The van der Waals surface area contributed by atoms with E-state index >= 15 is 0 Å². The zero-order valence-corrected chi connectivity index (χ0v) is 23.8. The molecule has 13 nitrogen and oxygen atoms in total. The lowest BCUT2D eigenvalue weighted by molar-refractivity contribution is 0.0734. The number of nitrogens with one attached hydrogen (secondary N) is 2. The normalized spacial score (nSPS) is 17.8. The van der Waals surface area contributed by atoms with Crippen molar-refractivity contribution < 1.29 is 22.7 Å². The van der Waals surface area contributed by atoms with E-state index in [2.05, 4.69) is 30.6 Å². The summed E-state index contributed by atoms with van der Waals surface area (Å²) in [4.78, 5) is 27.8. The number of piperazine rings is 1. The van der Waals surface area contributed by atoms with Crippen molar-refractivity contribution in [3.05, 3.63) is 53.8 Å². The molecule has 1 unspecified atom stereocenters. The van der Waals surface area contributed by atoms with Crippen LogP contribution in [0.15, 0.2) is 41.0 Å². The van der Waals surface area contributed by atoms with E-state index in [1.54, 1.807) is 18.4 Å². The number of halogens is 2. The van der Waals surface area contributed by atoms with Crippen molar-refractivity contribution in [2.75, 3.05) is 88.2 Å². The maximum atomic E-state index is 14.8. The molecule has 1 amide bonds. The van der Waals surface area contributed by atoms with Crippen molar-refractivity contribution in [1.29, 1.82) is 0 Å². The fourth-order valence-electron chi connectivity index (χ4n) is 5.23. The van der Waals surface area contributed by atoms with Crippen molar-refractivity contribution in [2.24, 2.45) is 0 Å². The number of ether oxygens (including phenoxy) is 1. The van der Waals surface area contributed by atoms with Gasteiger partial charge in [-0.3, -0.25) is 9.69 Å². The first kappa shape index (κ1) is 28.8. The van der Waals surface area contributed by atoms with E-state index in [0.29, 0.717) is 82.1 Å². The minimum absolute atomic E-state index is 0.0501. The third-order valence-electron chi connectivity index (χ3n) is 7.70. The third-order valence-corrected chi connectivity index (χ3v) is 7.70. The Bertz CT molecular complexity index is 1570. The largest absolute Gasteiger partial charge is 0.463 e. The molecular formula is C28H34F2N10O3. The molecule has 2 fully saturated rings. The lowest BCUT2D eigenvalue weighted by Gasteiger charge is -2.37. The van der Waals surface area contributed by atoms with Gasteiger partial charge in [-0.1, -0.05) is 0 Å². The predicted octanol–water partition coefficient (Wildman–Crippen LogP) is 1.22. The molecule has 0 bridgehead atoms. The molecule has 43 heavy (non-hydrogen) atoms. The molecule has 0 aliphatic carbocycles. The minimum Gasteiger partial charge on any atom is -0.463 e. The highest BCUT2D eigenvalue weighted by Crippen LogP contribution is 2.25. The fourth-order valence-corrected chi connectivity index (χ4v) is 5.23. The topological polar surface area (TPSA) is 142 Å². The molecule has 0 spiro atoms. The molecule has 1 atom stereocenters. The van der Waals surface area contributed by atoms with Crippen LogP contribution in [0.25, 0.3) is 17.1 Å². The highest BCUT2D eigenvalue weighted by molar-refractivity contribution is 5.95. The molecule has 0 radical (unpaired) electrons. The Kier molecular flexibility index (Phi) is 8.35. The van der Waals surface area contributed by atoms with E-state index in [-0.39, 0.29) is 29.8 Å². The van der Waals surface area contributed by atoms with Crippen molar-refractivity contribution in [3.8, 4) is 11.5 Å². The molecule has 6 rings (SSSR count). The Morgan fingerprint density at radius 3 is 2.77 bits per heavy atom. The number of anilines is 3. The zero-order chi connectivity index (χ0) is 29.9. The van der Waals surface area contributed by atoms with E-state index < -0.39 is 17.5 Å².